The first-order valence-electron chi connectivity index (χ1n) is 8.47. The largest absolute Gasteiger partial charge is 0.445 e. The maximum Gasteiger partial charge on any atom is 0.328 e. The molecule has 0 atom stereocenters. The molecule has 0 saturated heterocycles. The maximum absolute atomic E-state index is 12.5. The lowest BCUT2D eigenvalue weighted by Crippen LogP contribution is -2.40. The van der Waals surface area contributed by atoms with Crippen molar-refractivity contribution in [2.45, 2.75) is 46.2 Å². The lowest BCUT2D eigenvalue weighted by Gasteiger charge is -2.25. The SMILES string of the molecule is CC(C)CCc1nc2c(o1)CCN(C(=O)Cn1ccc(=O)[nH]c1=O)C2. The molecular formula is C17H22N4O4. The van der Waals surface area contributed by atoms with Crippen LogP contribution in [0.15, 0.2) is 26.3 Å². The van der Waals surface area contributed by atoms with E-state index in [9.17, 15) is 14.4 Å². The van der Waals surface area contributed by atoms with Crippen LogP contribution in [0.5, 0.6) is 0 Å². The molecule has 134 valence electrons. The Balaban J connectivity index is 1.66. The number of nitrogens with one attached hydrogen (secondary N) is 1. The maximum atomic E-state index is 12.5. The summed E-state index contributed by atoms with van der Waals surface area (Å²) in [6.07, 6.45) is 3.76. The van der Waals surface area contributed by atoms with Gasteiger partial charge in [-0.3, -0.25) is 19.1 Å². The fourth-order valence-corrected chi connectivity index (χ4v) is 2.80. The van der Waals surface area contributed by atoms with Crippen LogP contribution in [0.1, 0.15) is 37.6 Å². The van der Waals surface area contributed by atoms with Gasteiger partial charge in [-0.25, -0.2) is 9.78 Å². The highest BCUT2D eigenvalue weighted by Gasteiger charge is 2.25. The molecule has 8 nitrogen and oxygen atoms in total. The molecule has 3 heterocycles. The first-order valence-corrected chi connectivity index (χ1v) is 8.47. The van der Waals surface area contributed by atoms with Gasteiger partial charge >= 0.3 is 5.69 Å². The molecule has 8 heteroatoms. The van der Waals surface area contributed by atoms with Gasteiger partial charge in [0.1, 0.15) is 18.0 Å². The molecule has 1 aliphatic heterocycles. The highest BCUT2D eigenvalue weighted by Crippen LogP contribution is 2.21. The van der Waals surface area contributed by atoms with Crippen LogP contribution in [0.2, 0.25) is 0 Å². The lowest BCUT2D eigenvalue weighted by atomic mass is 10.1. The summed E-state index contributed by atoms with van der Waals surface area (Å²) >= 11 is 0. The highest BCUT2D eigenvalue weighted by atomic mass is 16.4. The van der Waals surface area contributed by atoms with Gasteiger partial charge in [-0.1, -0.05) is 13.8 Å². The first kappa shape index (κ1) is 17.2. The van der Waals surface area contributed by atoms with Crippen molar-refractivity contribution in [2.75, 3.05) is 6.54 Å². The Morgan fingerprint density at radius 3 is 2.92 bits per heavy atom. The van der Waals surface area contributed by atoms with Gasteiger partial charge in [0.05, 0.1) is 6.54 Å². The number of hydrogen-bond donors (Lipinski definition) is 1. The van der Waals surface area contributed by atoms with E-state index < -0.39 is 11.2 Å². The molecule has 0 radical (unpaired) electrons. The van der Waals surface area contributed by atoms with E-state index in [4.69, 9.17) is 4.42 Å². The fourth-order valence-electron chi connectivity index (χ4n) is 2.80. The van der Waals surface area contributed by atoms with Gasteiger partial charge in [0.25, 0.3) is 5.56 Å². The number of oxazole rings is 1. The average molecular weight is 346 g/mol. The number of aromatic amines is 1. The first-order chi connectivity index (χ1) is 11.9. The van der Waals surface area contributed by atoms with Gasteiger partial charge in [-0.2, -0.15) is 0 Å². The monoisotopic (exact) mass is 346 g/mol. The number of H-pyrrole nitrogens is 1. The topological polar surface area (TPSA) is 101 Å². The van der Waals surface area contributed by atoms with E-state index in [-0.39, 0.29) is 12.5 Å². The third kappa shape index (κ3) is 4.07. The molecule has 0 fully saturated rings. The zero-order valence-electron chi connectivity index (χ0n) is 14.4. The zero-order chi connectivity index (χ0) is 18.0. The van der Waals surface area contributed by atoms with E-state index in [1.165, 1.54) is 16.8 Å². The smallest absolute Gasteiger partial charge is 0.328 e. The molecule has 0 saturated carbocycles. The summed E-state index contributed by atoms with van der Waals surface area (Å²) in [4.78, 5) is 43.5. The summed E-state index contributed by atoms with van der Waals surface area (Å²) < 4.78 is 6.98. The number of rotatable bonds is 5. The summed E-state index contributed by atoms with van der Waals surface area (Å²) in [6, 6.07) is 1.22. The molecule has 3 rings (SSSR count). The Bertz CT molecular complexity index is 877. The van der Waals surface area contributed by atoms with Gasteiger partial charge in [-0.05, 0) is 12.3 Å². The molecule has 0 aliphatic carbocycles. The van der Waals surface area contributed by atoms with Crippen molar-refractivity contribution in [3.05, 3.63) is 50.4 Å². The molecule has 1 aliphatic rings. The highest BCUT2D eigenvalue weighted by molar-refractivity contribution is 5.76. The molecule has 2 aromatic rings. The summed E-state index contributed by atoms with van der Waals surface area (Å²) in [5.41, 5.74) is -0.268. The minimum Gasteiger partial charge on any atom is -0.445 e. The molecule has 2 aromatic heterocycles. The van der Waals surface area contributed by atoms with Crippen LogP contribution in [0.3, 0.4) is 0 Å². The number of carbonyl (C=O) groups is 1. The van der Waals surface area contributed by atoms with Crippen molar-refractivity contribution in [2.24, 2.45) is 5.92 Å². The number of aryl methyl sites for hydroxylation is 1. The second kappa shape index (κ2) is 7.08. The van der Waals surface area contributed by atoms with Crippen molar-refractivity contribution in [3.8, 4) is 0 Å². The Kier molecular flexibility index (Phi) is 4.87. The number of aromatic nitrogens is 3. The number of hydrogen-bond acceptors (Lipinski definition) is 5. The molecule has 0 spiro atoms. The Hall–Kier alpha value is -2.64. The van der Waals surface area contributed by atoms with Crippen molar-refractivity contribution < 1.29 is 9.21 Å². The summed E-state index contributed by atoms with van der Waals surface area (Å²) in [5.74, 6) is 1.97. The zero-order valence-corrected chi connectivity index (χ0v) is 14.4. The quantitative estimate of drug-likeness (QED) is 0.859. The Morgan fingerprint density at radius 1 is 1.40 bits per heavy atom. The van der Waals surface area contributed by atoms with Gasteiger partial charge in [0.15, 0.2) is 5.89 Å². The third-order valence-corrected chi connectivity index (χ3v) is 4.26. The lowest BCUT2D eigenvalue weighted by molar-refractivity contribution is -0.133. The van der Waals surface area contributed by atoms with Crippen LogP contribution in [0.25, 0.3) is 0 Å². The van der Waals surface area contributed by atoms with E-state index in [2.05, 4.69) is 23.8 Å². The van der Waals surface area contributed by atoms with Crippen LogP contribution >= 0.6 is 0 Å². The normalized spacial score (nSPS) is 14.0. The number of carbonyl (C=O) groups excluding carboxylic acids is 1. The number of nitrogens with zero attached hydrogens (tertiary/aromatic N) is 3. The van der Waals surface area contributed by atoms with Crippen LogP contribution in [-0.4, -0.2) is 31.9 Å². The van der Waals surface area contributed by atoms with E-state index in [0.717, 1.165) is 30.2 Å². The minimum atomic E-state index is -0.587. The Labute approximate surface area is 144 Å². The van der Waals surface area contributed by atoms with Crippen LogP contribution in [-0.2, 0) is 30.7 Å². The van der Waals surface area contributed by atoms with Crippen molar-refractivity contribution >= 4 is 5.91 Å². The molecule has 1 N–H and O–H groups in total. The molecular weight excluding hydrogens is 324 g/mol. The van der Waals surface area contributed by atoms with E-state index in [0.29, 0.717) is 25.4 Å². The van der Waals surface area contributed by atoms with Crippen molar-refractivity contribution in [1.29, 1.82) is 0 Å². The van der Waals surface area contributed by atoms with Gasteiger partial charge in [-0.15, -0.1) is 0 Å². The van der Waals surface area contributed by atoms with E-state index in [1.54, 1.807) is 4.90 Å². The predicted octanol–water partition coefficient (Wildman–Crippen LogP) is 0.698. The Morgan fingerprint density at radius 2 is 2.20 bits per heavy atom. The summed E-state index contributed by atoms with van der Waals surface area (Å²) in [5, 5.41) is 0. The molecule has 0 bridgehead atoms. The average Bonchev–Trinajstić information content (AvgIpc) is 2.97. The van der Waals surface area contributed by atoms with Gasteiger partial charge < -0.3 is 9.32 Å². The molecule has 25 heavy (non-hydrogen) atoms. The van der Waals surface area contributed by atoms with Crippen molar-refractivity contribution in [3.63, 3.8) is 0 Å². The molecule has 1 amide bonds. The number of fused-ring (bicyclic) bond motifs is 1. The second-order valence-electron chi connectivity index (χ2n) is 6.71. The molecule has 0 aromatic carbocycles. The van der Waals surface area contributed by atoms with Gasteiger partial charge in [0.2, 0.25) is 5.91 Å². The number of amides is 1. The standard InChI is InChI=1S/C17H22N4O4/c1-11(2)3-4-15-18-12-9-20(7-5-13(12)25-15)16(23)10-21-8-6-14(22)19-17(21)24/h6,8,11H,3-5,7,9-10H2,1-2H3,(H,19,22,24). The minimum absolute atomic E-state index is 0.108. The third-order valence-electron chi connectivity index (χ3n) is 4.26. The predicted molar refractivity (Wildman–Crippen MR) is 90.1 cm³/mol. The van der Waals surface area contributed by atoms with Crippen LogP contribution in [0.4, 0.5) is 0 Å². The second-order valence-corrected chi connectivity index (χ2v) is 6.71. The fraction of sp³-hybridized carbons (Fsp3) is 0.529. The van der Waals surface area contributed by atoms with Crippen molar-refractivity contribution in [1.82, 2.24) is 19.4 Å². The van der Waals surface area contributed by atoms with Gasteiger partial charge in [0, 0.05) is 31.6 Å². The van der Waals surface area contributed by atoms with Crippen LogP contribution < -0.4 is 11.2 Å². The van der Waals surface area contributed by atoms with E-state index >= 15 is 0 Å². The van der Waals surface area contributed by atoms with Crippen LogP contribution in [0, 0.1) is 5.92 Å². The summed E-state index contributed by atoms with van der Waals surface area (Å²) in [7, 11) is 0. The summed E-state index contributed by atoms with van der Waals surface area (Å²) in [6.45, 7) is 5.12. The molecule has 0 unspecified atom stereocenters. The van der Waals surface area contributed by atoms with E-state index in [1.807, 2.05) is 0 Å².